The standard InChI is InChI=1S/C27H25BrN2O2/c1-4-21-7-5-6-8-25(21)30-27(31)23(16-29)14-22-15-24(28)11-12-26(22)32-17-20-10-9-18(2)19(3)13-20/h5-15H,4,17H2,1-3H3,(H,30,31)/b23-14+. The maximum atomic E-state index is 12.8. The molecule has 0 bridgehead atoms. The Balaban J connectivity index is 1.85. The van der Waals surface area contributed by atoms with Gasteiger partial charge in [0.1, 0.15) is 24.0 Å². The number of para-hydroxylation sites is 1. The van der Waals surface area contributed by atoms with E-state index in [1.165, 1.54) is 11.1 Å². The molecule has 0 aliphatic carbocycles. The fourth-order valence-electron chi connectivity index (χ4n) is 3.26. The maximum absolute atomic E-state index is 12.8. The van der Waals surface area contributed by atoms with E-state index in [9.17, 15) is 10.1 Å². The van der Waals surface area contributed by atoms with E-state index in [2.05, 4.69) is 47.2 Å². The Hall–Kier alpha value is -3.36. The van der Waals surface area contributed by atoms with Gasteiger partial charge in [0.2, 0.25) is 0 Å². The molecule has 162 valence electrons. The van der Waals surface area contributed by atoms with Crippen molar-refractivity contribution in [1.82, 2.24) is 0 Å². The lowest BCUT2D eigenvalue weighted by Crippen LogP contribution is -2.14. The van der Waals surface area contributed by atoms with Gasteiger partial charge in [-0.25, -0.2) is 0 Å². The second-order valence-electron chi connectivity index (χ2n) is 7.52. The smallest absolute Gasteiger partial charge is 0.266 e. The van der Waals surface area contributed by atoms with Crippen LogP contribution in [0.15, 0.2) is 70.7 Å². The van der Waals surface area contributed by atoms with E-state index >= 15 is 0 Å². The van der Waals surface area contributed by atoms with Crippen molar-refractivity contribution in [3.63, 3.8) is 0 Å². The number of amides is 1. The number of rotatable bonds is 7. The molecule has 0 saturated heterocycles. The third-order valence-electron chi connectivity index (χ3n) is 5.25. The van der Waals surface area contributed by atoms with Crippen LogP contribution >= 0.6 is 15.9 Å². The van der Waals surface area contributed by atoms with E-state index in [1.807, 2.05) is 61.5 Å². The van der Waals surface area contributed by atoms with Crippen LogP contribution in [0.3, 0.4) is 0 Å². The zero-order valence-corrected chi connectivity index (χ0v) is 20.0. The lowest BCUT2D eigenvalue weighted by atomic mass is 10.1. The number of nitrogens with zero attached hydrogens (tertiary/aromatic N) is 1. The first-order valence-electron chi connectivity index (χ1n) is 10.4. The number of anilines is 1. The molecule has 3 rings (SSSR count). The van der Waals surface area contributed by atoms with Crippen molar-refractivity contribution in [3.8, 4) is 11.8 Å². The summed E-state index contributed by atoms with van der Waals surface area (Å²) in [5, 5.41) is 12.5. The molecule has 0 aromatic heterocycles. The predicted molar refractivity (Wildman–Crippen MR) is 132 cm³/mol. The van der Waals surface area contributed by atoms with Crippen molar-refractivity contribution in [1.29, 1.82) is 5.26 Å². The summed E-state index contributed by atoms with van der Waals surface area (Å²) in [5.41, 5.74) is 5.87. The largest absolute Gasteiger partial charge is 0.488 e. The van der Waals surface area contributed by atoms with Crippen LogP contribution in [-0.4, -0.2) is 5.91 Å². The van der Waals surface area contributed by atoms with Gasteiger partial charge < -0.3 is 10.1 Å². The van der Waals surface area contributed by atoms with Crippen molar-refractivity contribution in [2.24, 2.45) is 0 Å². The van der Waals surface area contributed by atoms with Gasteiger partial charge in [-0.1, -0.05) is 59.3 Å². The average Bonchev–Trinajstić information content (AvgIpc) is 2.79. The molecular weight excluding hydrogens is 464 g/mol. The van der Waals surface area contributed by atoms with Crippen LogP contribution in [0, 0.1) is 25.2 Å². The summed E-state index contributed by atoms with van der Waals surface area (Å²) in [5.74, 6) is 0.148. The fraction of sp³-hybridized carbons (Fsp3) is 0.185. The molecule has 1 N–H and O–H groups in total. The van der Waals surface area contributed by atoms with Crippen LogP contribution in [0.2, 0.25) is 0 Å². The number of benzene rings is 3. The molecule has 5 heteroatoms. The monoisotopic (exact) mass is 488 g/mol. The van der Waals surface area contributed by atoms with E-state index in [1.54, 1.807) is 6.08 Å². The Morgan fingerprint density at radius 3 is 2.59 bits per heavy atom. The first kappa shape index (κ1) is 23.3. The fourth-order valence-corrected chi connectivity index (χ4v) is 3.64. The summed E-state index contributed by atoms with van der Waals surface area (Å²) in [6.07, 6.45) is 2.34. The molecule has 0 fully saturated rings. The minimum absolute atomic E-state index is 0.00466. The molecule has 3 aromatic rings. The second-order valence-corrected chi connectivity index (χ2v) is 8.44. The number of carbonyl (C=O) groups is 1. The lowest BCUT2D eigenvalue weighted by Gasteiger charge is -2.12. The van der Waals surface area contributed by atoms with Crippen molar-refractivity contribution in [3.05, 3.63) is 98.5 Å². The van der Waals surface area contributed by atoms with Gasteiger partial charge in [-0.05, 0) is 72.9 Å². The van der Waals surface area contributed by atoms with Gasteiger partial charge in [0.25, 0.3) is 5.91 Å². The number of aryl methyl sites for hydroxylation is 3. The Kier molecular flexibility index (Phi) is 7.86. The Morgan fingerprint density at radius 1 is 1.09 bits per heavy atom. The van der Waals surface area contributed by atoms with Gasteiger partial charge in [-0.3, -0.25) is 4.79 Å². The molecule has 0 aliphatic rings. The van der Waals surface area contributed by atoms with Crippen molar-refractivity contribution in [2.75, 3.05) is 5.32 Å². The van der Waals surface area contributed by atoms with Crippen LogP contribution in [-0.2, 0) is 17.8 Å². The van der Waals surface area contributed by atoms with E-state index in [-0.39, 0.29) is 5.57 Å². The summed E-state index contributed by atoms with van der Waals surface area (Å²) in [7, 11) is 0. The van der Waals surface area contributed by atoms with Gasteiger partial charge in [-0.15, -0.1) is 0 Å². The van der Waals surface area contributed by atoms with Gasteiger partial charge in [0.05, 0.1) is 0 Å². The number of hydrogen-bond donors (Lipinski definition) is 1. The molecule has 3 aromatic carbocycles. The van der Waals surface area contributed by atoms with Crippen molar-refractivity contribution >= 4 is 33.6 Å². The van der Waals surface area contributed by atoms with Crippen LogP contribution in [0.1, 0.15) is 34.7 Å². The molecule has 1 amide bonds. The van der Waals surface area contributed by atoms with E-state index in [4.69, 9.17) is 4.74 Å². The molecule has 0 aliphatic heterocycles. The lowest BCUT2D eigenvalue weighted by molar-refractivity contribution is -0.112. The van der Waals surface area contributed by atoms with E-state index < -0.39 is 5.91 Å². The van der Waals surface area contributed by atoms with Gasteiger partial charge in [0.15, 0.2) is 0 Å². The quantitative estimate of drug-likeness (QED) is 0.295. The molecule has 0 atom stereocenters. The summed E-state index contributed by atoms with van der Waals surface area (Å²) in [6, 6.07) is 21.3. The minimum atomic E-state index is -0.450. The van der Waals surface area contributed by atoms with Crippen LogP contribution in [0.5, 0.6) is 5.75 Å². The summed E-state index contributed by atoms with van der Waals surface area (Å²) in [4.78, 5) is 12.8. The molecule has 0 saturated carbocycles. The predicted octanol–water partition coefficient (Wildman–Crippen LogP) is 6.75. The molecule has 0 radical (unpaired) electrons. The van der Waals surface area contributed by atoms with Gasteiger partial charge in [0, 0.05) is 15.7 Å². The molecule has 32 heavy (non-hydrogen) atoms. The zero-order chi connectivity index (χ0) is 23.1. The normalized spacial score (nSPS) is 11.0. The molecule has 0 spiro atoms. The average molecular weight is 489 g/mol. The number of hydrogen-bond acceptors (Lipinski definition) is 3. The summed E-state index contributed by atoms with van der Waals surface area (Å²) >= 11 is 3.46. The summed E-state index contributed by atoms with van der Waals surface area (Å²) < 4.78 is 6.88. The highest BCUT2D eigenvalue weighted by atomic mass is 79.9. The zero-order valence-electron chi connectivity index (χ0n) is 18.4. The molecule has 0 heterocycles. The Labute approximate surface area is 197 Å². The number of nitriles is 1. The minimum Gasteiger partial charge on any atom is -0.488 e. The van der Waals surface area contributed by atoms with Crippen LogP contribution < -0.4 is 10.1 Å². The van der Waals surface area contributed by atoms with E-state index in [0.29, 0.717) is 23.6 Å². The molecule has 4 nitrogen and oxygen atoms in total. The highest BCUT2D eigenvalue weighted by Crippen LogP contribution is 2.27. The first-order valence-corrected chi connectivity index (χ1v) is 11.2. The highest BCUT2D eigenvalue weighted by Gasteiger charge is 2.13. The van der Waals surface area contributed by atoms with Crippen molar-refractivity contribution < 1.29 is 9.53 Å². The Morgan fingerprint density at radius 2 is 1.88 bits per heavy atom. The van der Waals surface area contributed by atoms with Gasteiger partial charge >= 0.3 is 0 Å². The van der Waals surface area contributed by atoms with Crippen molar-refractivity contribution in [2.45, 2.75) is 33.8 Å². The Bertz CT molecular complexity index is 1210. The third-order valence-corrected chi connectivity index (χ3v) is 5.74. The van der Waals surface area contributed by atoms with Gasteiger partial charge in [-0.2, -0.15) is 5.26 Å². The summed E-state index contributed by atoms with van der Waals surface area (Å²) in [6.45, 7) is 6.56. The number of nitrogens with one attached hydrogen (secondary N) is 1. The van der Waals surface area contributed by atoms with E-state index in [0.717, 1.165) is 22.0 Å². The SMILES string of the molecule is CCc1ccccc1NC(=O)/C(C#N)=C/c1cc(Br)ccc1OCc1ccc(C)c(C)c1. The highest BCUT2D eigenvalue weighted by molar-refractivity contribution is 9.10. The third kappa shape index (κ3) is 5.87. The molecule has 0 unspecified atom stereocenters. The second kappa shape index (κ2) is 10.8. The van der Waals surface area contributed by atoms with Crippen LogP contribution in [0.25, 0.3) is 6.08 Å². The number of halogens is 1. The maximum Gasteiger partial charge on any atom is 0.266 e. The first-order chi connectivity index (χ1) is 15.4. The number of ether oxygens (including phenoxy) is 1. The molecular formula is C27H25BrN2O2. The van der Waals surface area contributed by atoms with Crippen LogP contribution in [0.4, 0.5) is 5.69 Å². The topological polar surface area (TPSA) is 62.1 Å². The number of carbonyl (C=O) groups excluding carboxylic acids is 1.